The number of nitrogens with zero attached hydrogens (tertiary/aromatic N) is 4. The van der Waals surface area contributed by atoms with Gasteiger partial charge in [-0.2, -0.15) is 0 Å². The third kappa shape index (κ3) is 3.06. The topological polar surface area (TPSA) is 90.1 Å². The number of benzene rings is 1. The summed E-state index contributed by atoms with van der Waals surface area (Å²) in [5, 5.41) is 19.5. The summed E-state index contributed by atoms with van der Waals surface area (Å²) in [5.74, 6) is 0.119. The zero-order chi connectivity index (χ0) is 13.8. The number of tetrazole rings is 1. The Balaban J connectivity index is 2.08. The molecule has 0 atom stereocenters. The van der Waals surface area contributed by atoms with Crippen molar-refractivity contribution in [3.8, 4) is 5.75 Å². The Labute approximate surface area is 109 Å². The number of carboxylic acid groups (broad SMARTS) is 1. The number of rotatable bonds is 5. The van der Waals surface area contributed by atoms with Crippen LogP contribution in [-0.4, -0.2) is 31.3 Å². The van der Waals surface area contributed by atoms with Gasteiger partial charge in [0.05, 0.1) is 0 Å². The van der Waals surface area contributed by atoms with Gasteiger partial charge >= 0.3 is 5.97 Å². The summed E-state index contributed by atoms with van der Waals surface area (Å²) in [4.78, 5) is 10.6. The maximum atomic E-state index is 10.6. The van der Waals surface area contributed by atoms with E-state index in [1.54, 1.807) is 0 Å². The second-order valence-electron chi connectivity index (χ2n) is 4.13. The molecule has 0 spiro atoms. The molecule has 0 bridgehead atoms. The zero-order valence-electron chi connectivity index (χ0n) is 10.7. The number of aryl methyl sites for hydroxylation is 1. The van der Waals surface area contributed by atoms with E-state index in [9.17, 15) is 4.79 Å². The first kappa shape index (κ1) is 13.0. The van der Waals surface area contributed by atoms with Crippen LogP contribution in [0.3, 0.4) is 0 Å². The van der Waals surface area contributed by atoms with Crippen LogP contribution in [0.5, 0.6) is 5.75 Å². The van der Waals surface area contributed by atoms with Gasteiger partial charge in [-0.05, 0) is 41.5 Å². The molecule has 100 valence electrons. The monoisotopic (exact) mass is 262 g/mol. The average Bonchev–Trinajstić information content (AvgIpc) is 2.78. The minimum absolute atomic E-state index is 0.130. The highest BCUT2D eigenvalue weighted by atomic mass is 16.5. The number of aromatic nitrogens is 4. The van der Waals surface area contributed by atoms with E-state index in [2.05, 4.69) is 15.5 Å². The van der Waals surface area contributed by atoms with Crippen molar-refractivity contribution in [2.45, 2.75) is 27.0 Å². The van der Waals surface area contributed by atoms with Gasteiger partial charge in [0, 0.05) is 0 Å². The highest BCUT2D eigenvalue weighted by Gasteiger charge is 2.11. The van der Waals surface area contributed by atoms with Crippen LogP contribution in [0.25, 0.3) is 0 Å². The lowest BCUT2D eigenvalue weighted by atomic mass is 10.1. The molecule has 0 amide bonds. The highest BCUT2D eigenvalue weighted by Crippen LogP contribution is 2.21. The van der Waals surface area contributed by atoms with E-state index in [1.165, 1.54) is 4.68 Å². The first-order valence-electron chi connectivity index (χ1n) is 5.74. The second kappa shape index (κ2) is 5.47. The van der Waals surface area contributed by atoms with Gasteiger partial charge in [-0.25, -0.2) is 4.68 Å². The van der Waals surface area contributed by atoms with E-state index in [0.717, 1.165) is 16.9 Å². The maximum Gasteiger partial charge on any atom is 0.325 e. The Hall–Kier alpha value is -2.44. The summed E-state index contributed by atoms with van der Waals surface area (Å²) in [6.45, 7) is 3.81. The fourth-order valence-electron chi connectivity index (χ4n) is 1.60. The molecule has 2 rings (SSSR count). The Morgan fingerprint density at radius 3 is 2.95 bits per heavy atom. The Bertz CT molecular complexity index is 594. The Kier molecular flexibility index (Phi) is 3.74. The van der Waals surface area contributed by atoms with Gasteiger partial charge < -0.3 is 9.84 Å². The van der Waals surface area contributed by atoms with E-state index in [1.807, 2.05) is 32.0 Å². The van der Waals surface area contributed by atoms with E-state index in [4.69, 9.17) is 9.84 Å². The lowest BCUT2D eigenvalue weighted by Crippen LogP contribution is -2.15. The SMILES string of the molecule is Cc1cccc(OCc2nnnn2CC(=O)O)c1C. The standard InChI is InChI=1S/C12H14N4O3/c1-8-4-3-5-10(9(8)2)19-7-11-13-14-15-16(11)6-12(17)18/h3-5H,6-7H2,1-2H3,(H,17,18). The first-order valence-corrected chi connectivity index (χ1v) is 5.74. The molecular weight excluding hydrogens is 248 g/mol. The van der Waals surface area contributed by atoms with Crippen LogP contribution in [0.1, 0.15) is 17.0 Å². The number of carboxylic acids is 1. The molecule has 0 aliphatic heterocycles. The Morgan fingerprint density at radius 1 is 1.42 bits per heavy atom. The van der Waals surface area contributed by atoms with Crippen LogP contribution in [0.2, 0.25) is 0 Å². The Morgan fingerprint density at radius 2 is 2.21 bits per heavy atom. The van der Waals surface area contributed by atoms with Gasteiger partial charge in [0.2, 0.25) is 0 Å². The van der Waals surface area contributed by atoms with Crippen molar-refractivity contribution in [2.24, 2.45) is 0 Å². The van der Waals surface area contributed by atoms with E-state index in [0.29, 0.717) is 5.82 Å². The average molecular weight is 262 g/mol. The third-order valence-corrected chi connectivity index (χ3v) is 2.80. The van der Waals surface area contributed by atoms with Gasteiger partial charge in [0.1, 0.15) is 18.9 Å². The van der Waals surface area contributed by atoms with Crippen molar-refractivity contribution in [1.82, 2.24) is 20.2 Å². The predicted octanol–water partition coefficient (Wildman–Crippen LogP) is 0.954. The van der Waals surface area contributed by atoms with Crippen LogP contribution in [0.15, 0.2) is 18.2 Å². The van der Waals surface area contributed by atoms with Crippen LogP contribution < -0.4 is 4.74 Å². The molecule has 0 saturated heterocycles. The van der Waals surface area contributed by atoms with E-state index >= 15 is 0 Å². The third-order valence-electron chi connectivity index (χ3n) is 2.80. The first-order chi connectivity index (χ1) is 9.08. The van der Waals surface area contributed by atoms with Crippen LogP contribution in [0.4, 0.5) is 0 Å². The molecule has 0 fully saturated rings. The van der Waals surface area contributed by atoms with E-state index < -0.39 is 5.97 Å². The quantitative estimate of drug-likeness (QED) is 0.862. The van der Waals surface area contributed by atoms with E-state index in [-0.39, 0.29) is 13.2 Å². The summed E-state index contributed by atoms with van der Waals surface area (Å²) in [5.41, 5.74) is 2.17. The number of ether oxygens (including phenoxy) is 1. The van der Waals surface area contributed by atoms with Crippen molar-refractivity contribution in [3.63, 3.8) is 0 Å². The summed E-state index contributed by atoms with van der Waals surface area (Å²) in [7, 11) is 0. The predicted molar refractivity (Wildman–Crippen MR) is 65.7 cm³/mol. The summed E-state index contributed by atoms with van der Waals surface area (Å²) >= 11 is 0. The fraction of sp³-hybridized carbons (Fsp3) is 0.333. The minimum Gasteiger partial charge on any atom is -0.485 e. The normalized spacial score (nSPS) is 10.4. The molecule has 0 radical (unpaired) electrons. The van der Waals surface area contributed by atoms with Crippen molar-refractivity contribution in [1.29, 1.82) is 0 Å². The van der Waals surface area contributed by atoms with Crippen LogP contribution >= 0.6 is 0 Å². The van der Waals surface area contributed by atoms with Gasteiger partial charge in [0.15, 0.2) is 5.82 Å². The fourth-order valence-corrected chi connectivity index (χ4v) is 1.60. The molecule has 7 heteroatoms. The molecular formula is C12H14N4O3. The molecule has 0 aliphatic rings. The van der Waals surface area contributed by atoms with Crippen LogP contribution in [-0.2, 0) is 17.9 Å². The largest absolute Gasteiger partial charge is 0.485 e. The van der Waals surface area contributed by atoms with Crippen molar-refractivity contribution in [3.05, 3.63) is 35.2 Å². The maximum absolute atomic E-state index is 10.6. The molecule has 1 aromatic carbocycles. The molecule has 19 heavy (non-hydrogen) atoms. The second-order valence-corrected chi connectivity index (χ2v) is 4.13. The molecule has 1 N–H and O–H groups in total. The van der Waals surface area contributed by atoms with Crippen molar-refractivity contribution in [2.75, 3.05) is 0 Å². The number of carbonyl (C=O) groups is 1. The van der Waals surface area contributed by atoms with Gasteiger partial charge in [0.25, 0.3) is 0 Å². The molecule has 2 aromatic rings. The minimum atomic E-state index is -1.000. The molecule has 0 unspecified atom stereocenters. The summed E-state index contributed by atoms with van der Waals surface area (Å²) in [6.07, 6.45) is 0. The van der Waals surface area contributed by atoms with Gasteiger partial charge in [-0.15, -0.1) is 5.10 Å². The number of hydrogen-bond donors (Lipinski definition) is 1. The number of aliphatic carboxylic acids is 1. The van der Waals surface area contributed by atoms with Gasteiger partial charge in [-0.1, -0.05) is 12.1 Å². The molecule has 7 nitrogen and oxygen atoms in total. The molecule has 0 saturated carbocycles. The highest BCUT2D eigenvalue weighted by molar-refractivity contribution is 5.66. The summed E-state index contributed by atoms with van der Waals surface area (Å²) < 4.78 is 6.83. The zero-order valence-corrected chi connectivity index (χ0v) is 10.7. The molecule has 1 aromatic heterocycles. The lowest BCUT2D eigenvalue weighted by Gasteiger charge is -2.10. The molecule has 0 aliphatic carbocycles. The molecule has 1 heterocycles. The summed E-state index contributed by atoms with van der Waals surface area (Å²) in [6, 6.07) is 5.75. The lowest BCUT2D eigenvalue weighted by molar-refractivity contribution is -0.138. The van der Waals surface area contributed by atoms with Crippen LogP contribution in [0, 0.1) is 13.8 Å². The van der Waals surface area contributed by atoms with Crippen molar-refractivity contribution >= 4 is 5.97 Å². The smallest absolute Gasteiger partial charge is 0.325 e. The van der Waals surface area contributed by atoms with Crippen molar-refractivity contribution < 1.29 is 14.6 Å². The van der Waals surface area contributed by atoms with Gasteiger partial charge in [-0.3, -0.25) is 4.79 Å². The number of hydrogen-bond acceptors (Lipinski definition) is 5.